The third-order valence-corrected chi connectivity index (χ3v) is 5.40. The zero-order chi connectivity index (χ0) is 18.8. The van der Waals surface area contributed by atoms with Crippen molar-refractivity contribution in [3.63, 3.8) is 0 Å². The van der Waals surface area contributed by atoms with Crippen molar-refractivity contribution in [1.82, 2.24) is 9.55 Å². The summed E-state index contributed by atoms with van der Waals surface area (Å²) in [6, 6.07) is 18.2. The molecule has 0 aliphatic carbocycles. The van der Waals surface area contributed by atoms with Gasteiger partial charge in [-0.25, -0.2) is 4.98 Å². The second kappa shape index (κ2) is 7.25. The molecule has 136 valence electrons. The summed E-state index contributed by atoms with van der Waals surface area (Å²) < 4.78 is 8.83. The van der Waals surface area contributed by atoms with E-state index in [9.17, 15) is 0 Å². The molecule has 0 unspecified atom stereocenters. The summed E-state index contributed by atoms with van der Waals surface area (Å²) >= 11 is 1.59. The van der Waals surface area contributed by atoms with Crippen LogP contribution < -0.4 is 10.2 Å². The van der Waals surface area contributed by atoms with Gasteiger partial charge in [0.1, 0.15) is 5.75 Å². The molecule has 0 saturated carbocycles. The van der Waals surface area contributed by atoms with Gasteiger partial charge in [0, 0.05) is 17.0 Å². The molecule has 4 rings (SSSR count). The normalized spacial score (nSPS) is 11.4. The largest absolute Gasteiger partial charge is 0.495 e. The number of anilines is 1. The molecule has 0 radical (unpaired) electrons. The number of hydrazone groups is 1. The second-order valence-corrected chi connectivity index (χ2v) is 7.22. The molecule has 0 aliphatic heterocycles. The quantitative estimate of drug-likeness (QED) is 0.387. The van der Waals surface area contributed by atoms with E-state index >= 15 is 0 Å². The minimum atomic E-state index is 0.783. The smallest absolute Gasteiger partial charge is 0.204 e. The molecule has 0 aliphatic rings. The van der Waals surface area contributed by atoms with Crippen LogP contribution in [-0.4, -0.2) is 22.9 Å². The number of aromatic nitrogens is 2. The van der Waals surface area contributed by atoms with Crippen molar-refractivity contribution in [2.75, 3.05) is 12.5 Å². The molecule has 0 saturated heterocycles. The Kier molecular flexibility index (Phi) is 4.64. The van der Waals surface area contributed by atoms with Gasteiger partial charge in [0.2, 0.25) is 5.13 Å². The van der Waals surface area contributed by atoms with Gasteiger partial charge in [-0.05, 0) is 44.2 Å². The van der Waals surface area contributed by atoms with Crippen molar-refractivity contribution >= 4 is 32.9 Å². The SMILES string of the molecule is COc1ccccc1-n1c(C)cc(/C=N\Nc2nc3ccccc3s2)c1C. The number of benzene rings is 2. The van der Waals surface area contributed by atoms with Gasteiger partial charge in [0.15, 0.2) is 0 Å². The van der Waals surface area contributed by atoms with Crippen molar-refractivity contribution in [2.45, 2.75) is 13.8 Å². The molecular weight excluding hydrogens is 356 g/mol. The fraction of sp³-hybridized carbons (Fsp3) is 0.143. The maximum absolute atomic E-state index is 5.51. The van der Waals surface area contributed by atoms with E-state index in [2.05, 4.69) is 52.1 Å². The Morgan fingerprint density at radius 3 is 2.70 bits per heavy atom. The summed E-state index contributed by atoms with van der Waals surface area (Å²) in [5.74, 6) is 0.843. The lowest BCUT2D eigenvalue weighted by Gasteiger charge is -2.13. The number of rotatable bonds is 5. The standard InChI is InChI=1S/C21H20N4OS/c1-14-12-16(15(2)25(14)18-9-5-6-10-19(18)26-3)13-22-24-21-23-17-8-4-7-11-20(17)27-21/h4-13H,1-3H3,(H,23,24)/b22-13-. The van der Waals surface area contributed by atoms with Gasteiger partial charge in [-0.1, -0.05) is 35.6 Å². The van der Waals surface area contributed by atoms with Gasteiger partial charge in [0.05, 0.1) is 29.2 Å². The Hall–Kier alpha value is -3.12. The van der Waals surface area contributed by atoms with E-state index in [-0.39, 0.29) is 0 Å². The number of nitrogens with one attached hydrogen (secondary N) is 1. The lowest BCUT2D eigenvalue weighted by atomic mass is 10.2. The average molecular weight is 376 g/mol. The Bertz CT molecular complexity index is 1090. The number of ether oxygens (including phenoxy) is 1. The molecule has 1 N–H and O–H groups in total. The van der Waals surface area contributed by atoms with Crippen LogP contribution in [0.25, 0.3) is 15.9 Å². The molecule has 0 fully saturated rings. The summed E-state index contributed by atoms with van der Waals surface area (Å²) in [4.78, 5) is 4.53. The van der Waals surface area contributed by atoms with E-state index in [0.717, 1.165) is 43.7 Å². The predicted molar refractivity (Wildman–Crippen MR) is 113 cm³/mol. The number of hydrogen-bond donors (Lipinski definition) is 1. The molecular formula is C21H20N4OS. The Balaban J connectivity index is 1.60. The number of hydrogen-bond acceptors (Lipinski definition) is 5. The molecule has 4 aromatic rings. The van der Waals surface area contributed by atoms with Crippen LogP contribution in [0.15, 0.2) is 59.7 Å². The highest BCUT2D eigenvalue weighted by molar-refractivity contribution is 7.22. The molecule has 2 aromatic heterocycles. The molecule has 27 heavy (non-hydrogen) atoms. The van der Waals surface area contributed by atoms with Crippen molar-refractivity contribution in [3.8, 4) is 11.4 Å². The summed E-state index contributed by atoms with van der Waals surface area (Å²) in [7, 11) is 1.69. The monoisotopic (exact) mass is 376 g/mol. The van der Waals surface area contributed by atoms with Crippen LogP contribution >= 0.6 is 11.3 Å². The van der Waals surface area contributed by atoms with E-state index in [1.54, 1.807) is 18.4 Å². The van der Waals surface area contributed by atoms with Crippen LogP contribution in [0.4, 0.5) is 5.13 Å². The van der Waals surface area contributed by atoms with Crippen molar-refractivity contribution in [3.05, 3.63) is 71.5 Å². The van der Waals surface area contributed by atoms with Gasteiger partial charge in [-0.2, -0.15) is 5.10 Å². The predicted octanol–water partition coefficient (Wildman–Crippen LogP) is 5.16. The molecule has 0 bridgehead atoms. The first kappa shape index (κ1) is 17.3. The fourth-order valence-corrected chi connectivity index (χ4v) is 4.00. The van der Waals surface area contributed by atoms with Gasteiger partial charge >= 0.3 is 0 Å². The zero-order valence-corrected chi connectivity index (χ0v) is 16.2. The third kappa shape index (κ3) is 3.31. The van der Waals surface area contributed by atoms with E-state index in [4.69, 9.17) is 4.74 Å². The second-order valence-electron chi connectivity index (χ2n) is 6.19. The number of methoxy groups -OCH3 is 1. The van der Waals surface area contributed by atoms with Crippen LogP contribution in [-0.2, 0) is 0 Å². The molecule has 0 spiro atoms. The first-order chi connectivity index (χ1) is 13.2. The number of thiazole rings is 1. The van der Waals surface area contributed by atoms with Crippen LogP contribution in [0.3, 0.4) is 0 Å². The van der Waals surface area contributed by atoms with Crippen molar-refractivity contribution in [1.29, 1.82) is 0 Å². The maximum Gasteiger partial charge on any atom is 0.204 e. The van der Waals surface area contributed by atoms with E-state index in [1.165, 1.54) is 0 Å². The minimum Gasteiger partial charge on any atom is -0.495 e. The van der Waals surface area contributed by atoms with Crippen molar-refractivity contribution in [2.24, 2.45) is 5.10 Å². The number of nitrogens with zero attached hydrogens (tertiary/aromatic N) is 3. The molecule has 5 nitrogen and oxygen atoms in total. The molecule has 2 aromatic carbocycles. The average Bonchev–Trinajstić information content (AvgIpc) is 3.22. The fourth-order valence-electron chi connectivity index (χ4n) is 3.18. The van der Waals surface area contributed by atoms with Crippen LogP contribution in [0.2, 0.25) is 0 Å². The van der Waals surface area contributed by atoms with E-state index < -0.39 is 0 Å². The zero-order valence-electron chi connectivity index (χ0n) is 15.4. The summed E-state index contributed by atoms with van der Waals surface area (Å²) in [6.07, 6.45) is 1.83. The minimum absolute atomic E-state index is 0.783. The topological polar surface area (TPSA) is 51.4 Å². The summed E-state index contributed by atoms with van der Waals surface area (Å²) in [5, 5.41) is 5.17. The van der Waals surface area contributed by atoms with Gasteiger partial charge in [0.25, 0.3) is 0 Å². The lowest BCUT2D eigenvalue weighted by Crippen LogP contribution is -2.02. The summed E-state index contributed by atoms with van der Waals surface area (Å²) in [5.41, 5.74) is 8.32. The van der Waals surface area contributed by atoms with Gasteiger partial charge < -0.3 is 9.30 Å². The Morgan fingerprint density at radius 1 is 1.11 bits per heavy atom. The van der Waals surface area contributed by atoms with Gasteiger partial charge in [-0.15, -0.1) is 0 Å². The number of fused-ring (bicyclic) bond motifs is 1. The highest BCUT2D eigenvalue weighted by Gasteiger charge is 2.12. The number of para-hydroxylation sites is 3. The van der Waals surface area contributed by atoms with Crippen LogP contribution in [0, 0.1) is 13.8 Å². The Morgan fingerprint density at radius 2 is 1.89 bits per heavy atom. The van der Waals surface area contributed by atoms with Crippen LogP contribution in [0.1, 0.15) is 17.0 Å². The first-order valence-corrected chi connectivity index (χ1v) is 9.46. The third-order valence-electron chi connectivity index (χ3n) is 4.45. The molecule has 2 heterocycles. The summed E-state index contributed by atoms with van der Waals surface area (Å²) in [6.45, 7) is 4.16. The van der Waals surface area contributed by atoms with Gasteiger partial charge in [-0.3, -0.25) is 5.43 Å². The number of aryl methyl sites for hydroxylation is 1. The van der Waals surface area contributed by atoms with E-state index in [1.807, 2.05) is 42.6 Å². The molecule has 6 heteroatoms. The van der Waals surface area contributed by atoms with Crippen LogP contribution in [0.5, 0.6) is 5.75 Å². The first-order valence-electron chi connectivity index (χ1n) is 8.64. The lowest BCUT2D eigenvalue weighted by molar-refractivity contribution is 0.412. The highest BCUT2D eigenvalue weighted by Crippen LogP contribution is 2.28. The van der Waals surface area contributed by atoms with E-state index in [0.29, 0.717) is 0 Å². The maximum atomic E-state index is 5.51. The molecule has 0 atom stereocenters. The molecule has 0 amide bonds. The Labute approximate surface area is 161 Å². The van der Waals surface area contributed by atoms with Crippen molar-refractivity contribution < 1.29 is 4.74 Å². The highest BCUT2D eigenvalue weighted by atomic mass is 32.1.